The number of nitrogens with zero attached hydrogens (tertiary/aromatic N) is 2. The van der Waals surface area contributed by atoms with Crippen molar-refractivity contribution in [3.8, 4) is 0 Å². The number of thioether (sulfide) groups is 1. The number of para-hydroxylation sites is 1. The molecule has 0 radical (unpaired) electrons. The zero-order chi connectivity index (χ0) is 30.8. The van der Waals surface area contributed by atoms with Gasteiger partial charge in [-0.2, -0.15) is 13.0 Å². The quantitative estimate of drug-likeness (QED) is 0.0329. The molecule has 0 spiro atoms. The predicted molar refractivity (Wildman–Crippen MR) is 176 cm³/mol. The maximum absolute atomic E-state index is 11.2. The maximum atomic E-state index is 11.2. The van der Waals surface area contributed by atoms with Crippen molar-refractivity contribution < 1.29 is 32.2 Å². The van der Waals surface area contributed by atoms with Gasteiger partial charge in [0.15, 0.2) is 6.20 Å². The van der Waals surface area contributed by atoms with Crippen LogP contribution in [0.5, 0.6) is 0 Å². The largest absolute Gasteiger partial charge is 0.335 e. The summed E-state index contributed by atoms with van der Waals surface area (Å²) in [6.07, 6.45) is 13.6. The summed E-state index contributed by atoms with van der Waals surface area (Å²) in [5.41, 5.74) is 7.03. The van der Waals surface area contributed by atoms with Crippen LogP contribution in [0.2, 0.25) is 0 Å². The molecule has 1 aliphatic heterocycles. The lowest BCUT2D eigenvalue weighted by molar-refractivity contribution is -0.671. The van der Waals surface area contributed by atoms with Crippen molar-refractivity contribution in [1.29, 1.82) is 0 Å². The summed E-state index contributed by atoms with van der Waals surface area (Å²) in [5.74, 6) is 0.512. The third-order valence-corrected chi connectivity index (χ3v) is 9.84. The molecule has 0 atom stereocenters. The van der Waals surface area contributed by atoms with Crippen molar-refractivity contribution in [3.05, 3.63) is 94.2 Å². The average molecular weight is 644 g/mol. The average Bonchev–Trinajstić information content (AvgIpc) is 3.30. The smallest absolute Gasteiger partial charge is 0.264 e. The van der Waals surface area contributed by atoms with Crippen LogP contribution in [0.15, 0.2) is 82.4 Å². The molecule has 0 saturated heterocycles. The Kier molecular flexibility index (Phi) is 12.3. The van der Waals surface area contributed by atoms with Crippen LogP contribution < -0.4 is 9.47 Å². The maximum Gasteiger partial charge on any atom is 0.264 e. The Balaban J connectivity index is 1.48. The van der Waals surface area contributed by atoms with Crippen molar-refractivity contribution in [2.45, 2.75) is 57.9 Å². The van der Waals surface area contributed by atoms with Crippen LogP contribution in [0, 0.1) is 13.8 Å². The highest BCUT2D eigenvalue weighted by molar-refractivity contribution is 8.03. The minimum atomic E-state index is -3.95. The number of aryl methyl sites for hydroxylation is 3. The molecule has 0 bridgehead atoms. The highest BCUT2D eigenvalue weighted by Gasteiger charge is 2.25. The number of unbranched alkanes of at least 4 members (excludes halogenated alkanes) is 2. The molecule has 8 nitrogen and oxygen atoms in total. The summed E-state index contributed by atoms with van der Waals surface area (Å²) in [5, 5.41) is 14.1. The summed E-state index contributed by atoms with van der Waals surface area (Å²) >= 11 is 2.81. The van der Waals surface area contributed by atoms with Gasteiger partial charge in [0, 0.05) is 47.8 Å². The van der Waals surface area contributed by atoms with Crippen molar-refractivity contribution in [3.63, 3.8) is 0 Å². The fourth-order valence-corrected chi connectivity index (χ4v) is 7.06. The molecule has 2 N–H and O–H groups in total. The van der Waals surface area contributed by atoms with Crippen molar-refractivity contribution in [2.75, 3.05) is 23.0 Å². The number of fused-ring (bicyclic) bond motifs is 2. The fourth-order valence-electron chi connectivity index (χ4n) is 4.89. The number of anilines is 1. The molecule has 0 saturated carbocycles. The summed E-state index contributed by atoms with van der Waals surface area (Å²) in [7, 11) is -3.95. The van der Waals surface area contributed by atoms with Crippen LogP contribution >= 0.6 is 23.8 Å². The van der Waals surface area contributed by atoms with Crippen LogP contribution in [-0.4, -0.2) is 36.3 Å². The Morgan fingerprint density at radius 1 is 1.09 bits per heavy atom. The Morgan fingerprint density at radius 3 is 2.67 bits per heavy atom. The Labute approximate surface area is 262 Å². The lowest BCUT2D eigenvalue weighted by atomic mass is 10.1. The molecule has 1 aliphatic rings. The monoisotopic (exact) mass is 643 g/mol. The Hall–Kier alpha value is -2.64. The van der Waals surface area contributed by atoms with E-state index in [0.717, 1.165) is 59.0 Å². The molecule has 0 fully saturated rings. The minimum Gasteiger partial charge on any atom is -0.335 e. The van der Waals surface area contributed by atoms with E-state index in [1.807, 2.05) is 0 Å². The number of hydrogen-bond acceptors (Lipinski definition) is 8. The van der Waals surface area contributed by atoms with Gasteiger partial charge in [0.25, 0.3) is 10.1 Å². The molecule has 0 amide bonds. The number of aromatic nitrogens is 1. The molecule has 2 aromatic carbocycles. The first kappa shape index (κ1) is 33.3. The third-order valence-electron chi connectivity index (χ3n) is 7.31. The molecule has 1 aromatic heterocycles. The number of pyridine rings is 1. The van der Waals surface area contributed by atoms with Gasteiger partial charge in [0.2, 0.25) is 5.52 Å². The van der Waals surface area contributed by atoms with E-state index in [1.165, 1.54) is 26.9 Å². The van der Waals surface area contributed by atoms with E-state index in [0.29, 0.717) is 19.4 Å². The predicted octanol–water partition coefficient (Wildman–Crippen LogP) is 7.67. The summed E-state index contributed by atoms with van der Waals surface area (Å²) in [4.78, 5) is 3.44. The van der Waals surface area contributed by atoms with E-state index >= 15 is 0 Å². The first-order valence-electron chi connectivity index (χ1n) is 14.3. The molecule has 0 aliphatic carbocycles. The second-order valence-corrected chi connectivity index (χ2v) is 14.0. The molecule has 0 unspecified atom stereocenters. The molecule has 11 heteroatoms. The first-order valence-corrected chi connectivity index (χ1v) is 17.6. The van der Waals surface area contributed by atoms with Crippen LogP contribution in [0.4, 0.5) is 5.69 Å². The normalized spacial score (nSPS) is 14.9. The van der Waals surface area contributed by atoms with Crippen LogP contribution in [0.1, 0.15) is 49.3 Å². The standard InChI is InChI=1S/C32H38N2O6S3/c1-24(12-14-27-16-19-33(17-6-8-20-41-40-39-35)29-11-5-4-10-28(27)29)13-15-32-34(18-7-9-21-43(36,37)38)30-22-25(2)26(3)23-31(30)42-32/h4-5,10-16,19,22-23H,6-9,17-18,20-21H2,1-3H3,(H-,35,36,37,38)/p+1. The summed E-state index contributed by atoms with van der Waals surface area (Å²) < 4.78 is 38.2. The second-order valence-electron chi connectivity index (χ2n) is 10.6. The SMILES string of the molecule is CC(/C=C\c1cc[n+](CCCCSOOO)c2ccccc12)=C/C=C1\Sc2cc(C)c(C)cc2N1CCCCS(=O)(=O)O. The second kappa shape index (κ2) is 15.9. The van der Waals surface area contributed by atoms with Gasteiger partial charge in [-0.1, -0.05) is 52.7 Å². The van der Waals surface area contributed by atoms with E-state index in [9.17, 15) is 8.42 Å². The zero-order valence-corrected chi connectivity index (χ0v) is 27.2. The number of hydrogen-bond donors (Lipinski definition) is 2. The van der Waals surface area contributed by atoms with Crippen molar-refractivity contribution >= 4 is 56.6 Å². The van der Waals surface area contributed by atoms with Gasteiger partial charge < -0.3 is 4.90 Å². The molecule has 230 valence electrons. The van der Waals surface area contributed by atoms with E-state index in [4.69, 9.17) is 9.81 Å². The van der Waals surface area contributed by atoms with Gasteiger partial charge in [0.05, 0.1) is 21.9 Å². The van der Waals surface area contributed by atoms with Gasteiger partial charge in [-0.3, -0.25) is 4.55 Å². The van der Waals surface area contributed by atoms with E-state index < -0.39 is 10.1 Å². The summed E-state index contributed by atoms with van der Waals surface area (Å²) in [6, 6.07) is 15.0. The third kappa shape index (κ3) is 9.67. The Morgan fingerprint density at radius 2 is 1.88 bits per heavy atom. The van der Waals surface area contributed by atoms with Gasteiger partial charge in [-0.25, -0.2) is 5.26 Å². The minimum absolute atomic E-state index is 0.222. The fraction of sp³-hybridized carbons (Fsp3) is 0.344. The molecular weight excluding hydrogens is 605 g/mol. The van der Waals surface area contributed by atoms with Gasteiger partial charge in [-0.05, 0) is 81.0 Å². The molecular formula is C32H39N2O6S3+. The molecule has 43 heavy (non-hydrogen) atoms. The summed E-state index contributed by atoms with van der Waals surface area (Å²) in [6.45, 7) is 7.85. The Bertz CT molecular complexity index is 1620. The molecule has 4 rings (SSSR count). The van der Waals surface area contributed by atoms with Crippen LogP contribution in [0.3, 0.4) is 0 Å². The number of rotatable bonds is 15. The van der Waals surface area contributed by atoms with Gasteiger partial charge >= 0.3 is 0 Å². The lowest BCUT2D eigenvalue weighted by Crippen LogP contribution is -2.34. The van der Waals surface area contributed by atoms with Crippen LogP contribution in [0.25, 0.3) is 17.0 Å². The first-order chi connectivity index (χ1) is 20.7. The zero-order valence-electron chi connectivity index (χ0n) is 24.7. The topological polar surface area (TPSA) is 100 Å². The van der Waals surface area contributed by atoms with E-state index in [1.54, 1.807) is 11.8 Å². The lowest BCUT2D eigenvalue weighted by Gasteiger charge is -2.21. The van der Waals surface area contributed by atoms with Crippen molar-refractivity contribution in [2.24, 2.45) is 0 Å². The van der Waals surface area contributed by atoms with Gasteiger partial charge in [0.1, 0.15) is 6.54 Å². The van der Waals surface area contributed by atoms with Crippen LogP contribution in [-0.2, 0) is 26.0 Å². The number of benzene rings is 2. The molecule has 2 heterocycles. The molecule has 3 aromatic rings. The number of allylic oxidation sites excluding steroid dienone is 4. The highest BCUT2D eigenvalue weighted by Crippen LogP contribution is 2.47. The van der Waals surface area contributed by atoms with E-state index in [-0.39, 0.29) is 5.75 Å². The van der Waals surface area contributed by atoms with E-state index in [2.05, 4.69) is 113 Å². The highest BCUT2D eigenvalue weighted by atomic mass is 32.2. The van der Waals surface area contributed by atoms with Gasteiger partial charge in [-0.15, -0.1) is 4.33 Å². The van der Waals surface area contributed by atoms with Crippen molar-refractivity contribution in [1.82, 2.24) is 0 Å².